The molecule has 1 aromatic carbocycles. The Labute approximate surface area is 271 Å². The Morgan fingerprint density at radius 1 is 1.09 bits per heavy atom. The number of rotatable bonds is 14. The molecular weight excluding hydrogens is 613 g/mol. The summed E-state index contributed by atoms with van der Waals surface area (Å²) in [6.07, 6.45) is 6.12. The average molecular weight is 649 g/mol. The fraction of sp³-hybridized carbons (Fsp3) is 0.400. The van der Waals surface area contributed by atoms with Crippen LogP contribution in [0.3, 0.4) is 0 Å². The third-order valence-corrected chi connectivity index (χ3v) is 8.65. The minimum atomic E-state index is -4.91. The van der Waals surface area contributed by atoms with Gasteiger partial charge in [0.2, 0.25) is 11.3 Å². The van der Waals surface area contributed by atoms with Crippen LogP contribution in [0.25, 0.3) is 23.1 Å². The molecule has 0 bridgehead atoms. The number of unbranched alkanes of at least 4 members (excludes halogenated alkanes) is 2. The van der Waals surface area contributed by atoms with Crippen LogP contribution in [0.2, 0.25) is 0 Å². The Balaban J connectivity index is 1.60. The predicted octanol–water partition coefficient (Wildman–Crippen LogP) is 8.94. The van der Waals surface area contributed by atoms with Gasteiger partial charge in [0.25, 0.3) is 0 Å². The van der Waals surface area contributed by atoms with Crippen molar-refractivity contribution in [3.05, 3.63) is 85.7 Å². The van der Waals surface area contributed by atoms with Gasteiger partial charge in [-0.1, -0.05) is 32.8 Å². The fourth-order valence-electron chi connectivity index (χ4n) is 4.79. The Bertz CT molecular complexity index is 1640. The molecular formula is C35H35F3N4O3S. The number of hydrogen-bond donors (Lipinski definition) is 0. The normalized spacial score (nSPS) is 19.2. The molecule has 2 aromatic rings. The molecule has 1 aromatic heterocycles. The monoisotopic (exact) mass is 648 g/mol. The van der Waals surface area contributed by atoms with E-state index in [1.54, 1.807) is 6.07 Å². The van der Waals surface area contributed by atoms with Crippen LogP contribution < -0.4 is 9.64 Å². The van der Waals surface area contributed by atoms with Gasteiger partial charge in [-0.25, -0.2) is 4.85 Å². The smallest absolute Gasteiger partial charge is 0.430 e. The van der Waals surface area contributed by atoms with E-state index >= 15 is 0 Å². The Morgan fingerprint density at radius 2 is 1.72 bits per heavy atom. The maximum atomic E-state index is 14.1. The van der Waals surface area contributed by atoms with Crippen LogP contribution in [0.4, 0.5) is 18.9 Å². The summed E-state index contributed by atoms with van der Waals surface area (Å²) < 4.78 is 59.1. The zero-order valence-electron chi connectivity index (χ0n) is 26.0. The zero-order valence-corrected chi connectivity index (χ0v) is 26.8. The van der Waals surface area contributed by atoms with Crippen molar-refractivity contribution in [1.82, 2.24) is 0 Å². The van der Waals surface area contributed by atoms with Crippen LogP contribution in [0.5, 0.6) is 5.75 Å². The molecule has 7 nitrogen and oxygen atoms in total. The highest BCUT2D eigenvalue weighted by Gasteiger charge is 2.60. The number of thiophene rings is 1. The lowest BCUT2D eigenvalue weighted by molar-refractivity contribution is -0.236. The van der Waals surface area contributed by atoms with Gasteiger partial charge in [0, 0.05) is 45.7 Å². The standard InChI is InChI=1S/C35H35F3N4O3S/c1-5-7-17-42(18-8-6-2)26-11-9-24(31(19-26)44-23-27-22-43-27)10-12-28-13-14-29(46-28)15-16-30-32(41-4)33(25(20-39)21-40)45-34(30,3)35(36,37)38/h9-16,19,27H,5-8,17-18,22-23H2,1-3H3/b12-10+,16-15+. The molecule has 0 N–H and O–H groups in total. The number of allylic oxidation sites excluding steroid dienone is 1. The predicted molar refractivity (Wildman–Crippen MR) is 173 cm³/mol. The molecule has 2 aliphatic rings. The van der Waals surface area contributed by atoms with Gasteiger partial charge >= 0.3 is 6.18 Å². The van der Waals surface area contributed by atoms with Crippen molar-refractivity contribution < 1.29 is 27.4 Å². The van der Waals surface area contributed by atoms with E-state index in [2.05, 4.69) is 35.7 Å². The third-order valence-electron chi connectivity index (χ3n) is 7.64. The first-order chi connectivity index (χ1) is 22.1. The van der Waals surface area contributed by atoms with Crippen LogP contribution in [0.1, 0.15) is 61.8 Å². The SMILES string of the molecule is [C-]#[N+]C1=C(/C=C/c2ccc(/C=C/c3ccc(N(CCCC)CCCC)cc3OCC3CO3)s2)C(C)(C(F)(F)F)OC1=C(C#N)C#N. The van der Waals surface area contributed by atoms with Crippen LogP contribution >= 0.6 is 11.3 Å². The van der Waals surface area contributed by atoms with Crippen molar-refractivity contribution in [3.63, 3.8) is 0 Å². The van der Waals surface area contributed by atoms with E-state index in [-0.39, 0.29) is 6.10 Å². The van der Waals surface area contributed by atoms with Gasteiger partial charge in [-0.15, -0.1) is 11.3 Å². The zero-order chi connectivity index (χ0) is 33.3. The Hall–Kier alpha value is -4.50. The summed E-state index contributed by atoms with van der Waals surface area (Å²) in [4.78, 5) is 7.09. The molecule has 0 aliphatic carbocycles. The van der Waals surface area contributed by atoms with Gasteiger partial charge in [0.1, 0.15) is 30.6 Å². The van der Waals surface area contributed by atoms with Gasteiger partial charge in [-0.3, -0.25) is 0 Å². The number of nitriles is 2. The maximum absolute atomic E-state index is 14.1. The molecule has 0 spiro atoms. The van der Waals surface area contributed by atoms with Crippen LogP contribution in [-0.4, -0.2) is 44.2 Å². The first-order valence-corrected chi connectivity index (χ1v) is 15.9. The molecule has 3 heterocycles. The molecule has 2 unspecified atom stereocenters. The largest absolute Gasteiger partial charge is 0.490 e. The molecule has 4 rings (SSSR count). The highest BCUT2D eigenvalue weighted by molar-refractivity contribution is 7.13. The summed E-state index contributed by atoms with van der Waals surface area (Å²) in [6.45, 7) is 15.7. The second-order valence-electron chi connectivity index (χ2n) is 11.0. The van der Waals surface area contributed by atoms with Crippen LogP contribution in [-0.2, 0) is 9.47 Å². The van der Waals surface area contributed by atoms with E-state index in [1.165, 1.54) is 35.6 Å². The van der Waals surface area contributed by atoms with E-state index in [0.29, 0.717) is 18.1 Å². The molecule has 0 radical (unpaired) electrons. The second-order valence-corrected chi connectivity index (χ2v) is 12.2. The van der Waals surface area contributed by atoms with E-state index < -0.39 is 34.4 Å². The highest BCUT2D eigenvalue weighted by atomic mass is 32.1. The first kappa shape index (κ1) is 34.4. The van der Waals surface area contributed by atoms with Crippen molar-refractivity contribution in [2.45, 2.75) is 64.3 Å². The second kappa shape index (κ2) is 15.2. The summed E-state index contributed by atoms with van der Waals surface area (Å²) in [6, 6.07) is 12.9. The summed E-state index contributed by atoms with van der Waals surface area (Å²) in [7, 11) is 0. The molecule has 0 amide bonds. The molecule has 1 saturated heterocycles. The lowest BCUT2D eigenvalue weighted by Gasteiger charge is -2.29. The number of hydrogen-bond acceptors (Lipinski definition) is 7. The molecule has 2 aliphatic heterocycles. The number of nitrogens with zero attached hydrogens (tertiary/aromatic N) is 4. The fourth-order valence-corrected chi connectivity index (χ4v) is 5.61. The van der Waals surface area contributed by atoms with Crippen molar-refractivity contribution >= 4 is 35.3 Å². The lowest BCUT2D eigenvalue weighted by Crippen LogP contribution is -2.43. The number of alkyl halides is 3. The minimum Gasteiger partial charge on any atom is -0.490 e. The van der Waals surface area contributed by atoms with E-state index in [4.69, 9.17) is 20.8 Å². The topological polar surface area (TPSA) is 86.2 Å². The summed E-state index contributed by atoms with van der Waals surface area (Å²) in [5.41, 5.74) is -2.56. The van der Waals surface area contributed by atoms with Crippen molar-refractivity contribution in [1.29, 1.82) is 10.5 Å². The molecule has 11 heteroatoms. The first-order valence-electron chi connectivity index (χ1n) is 15.1. The van der Waals surface area contributed by atoms with Gasteiger partial charge in [-0.2, -0.15) is 23.7 Å². The Kier molecular flexibility index (Phi) is 11.4. The van der Waals surface area contributed by atoms with Crippen LogP contribution in [0, 0.1) is 29.2 Å². The van der Waals surface area contributed by atoms with Crippen LogP contribution in [0.15, 0.2) is 59.0 Å². The summed E-state index contributed by atoms with van der Waals surface area (Å²) >= 11 is 1.35. The quantitative estimate of drug-likeness (QED) is 0.116. The average Bonchev–Trinajstić information content (AvgIpc) is 3.68. The molecule has 2 atom stereocenters. The van der Waals surface area contributed by atoms with Crippen molar-refractivity contribution in [3.8, 4) is 17.9 Å². The molecule has 46 heavy (non-hydrogen) atoms. The van der Waals surface area contributed by atoms with E-state index in [9.17, 15) is 23.7 Å². The lowest BCUT2D eigenvalue weighted by atomic mass is 9.94. The van der Waals surface area contributed by atoms with Crippen molar-refractivity contribution in [2.24, 2.45) is 0 Å². The van der Waals surface area contributed by atoms with Gasteiger partial charge in [0.05, 0.1) is 13.2 Å². The number of anilines is 1. The number of halogens is 3. The summed E-state index contributed by atoms with van der Waals surface area (Å²) in [5.74, 6) is 0.0913. The minimum absolute atomic E-state index is 0.101. The maximum Gasteiger partial charge on any atom is 0.430 e. The number of epoxide rings is 1. The number of benzene rings is 1. The number of ether oxygens (including phenoxy) is 3. The van der Waals surface area contributed by atoms with Gasteiger partial charge in [-0.05, 0) is 62.3 Å². The van der Waals surface area contributed by atoms with Crippen molar-refractivity contribution in [2.75, 3.05) is 31.2 Å². The molecule has 240 valence electrons. The van der Waals surface area contributed by atoms with Gasteiger partial charge in [0.15, 0.2) is 11.3 Å². The summed E-state index contributed by atoms with van der Waals surface area (Å²) in [5, 5.41) is 18.4. The molecule has 0 saturated carbocycles. The third kappa shape index (κ3) is 8.01. The highest BCUT2D eigenvalue weighted by Crippen LogP contribution is 2.50. The molecule has 1 fully saturated rings. The Morgan fingerprint density at radius 3 is 2.26 bits per heavy atom. The van der Waals surface area contributed by atoms with Gasteiger partial charge < -0.3 is 19.1 Å². The van der Waals surface area contributed by atoms with E-state index in [1.807, 2.05) is 24.3 Å². The van der Waals surface area contributed by atoms with E-state index in [0.717, 1.165) is 67.6 Å².